The van der Waals surface area contributed by atoms with Crippen molar-refractivity contribution in [3.8, 4) is 0 Å². The number of ether oxygens (including phenoxy) is 1. The van der Waals surface area contributed by atoms with Crippen LogP contribution in [0, 0.1) is 23.4 Å². The van der Waals surface area contributed by atoms with Gasteiger partial charge in [-0.05, 0) is 36.1 Å². The molecule has 2 atom stereocenters. The van der Waals surface area contributed by atoms with Crippen LogP contribution < -0.4 is 0 Å². The molecule has 3 nitrogen and oxygen atoms in total. The second-order valence-electron chi connectivity index (χ2n) is 7.69. The van der Waals surface area contributed by atoms with Crippen molar-refractivity contribution in [1.29, 1.82) is 0 Å². The first-order chi connectivity index (χ1) is 13.5. The Bertz CT molecular complexity index is 821. The monoisotopic (exact) mass is 389 g/mol. The number of hydrogen-bond donors (Lipinski definition) is 0. The second kappa shape index (κ2) is 8.05. The van der Waals surface area contributed by atoms with Crippen molar-refractivity contribution in [1.82, 2.24) is 4.90 Å². The predicted molar refractivity (Wildman–Crippen MR) is 98.1 cm³/mol. The molecule has 2 unspecified atom stereocenters. The van der Waals surface area contributed by atoms with Gasteiger partial charge in [0.25, 0.3) is 0 Å². The van der Waals surface area contributed by atoms with Crippen LogP contribution >= 0.6 is 0 Å². The standard InChI is InChI=1S/C22H22F3NO2/c23-19-6-15(7-20(24)22(19)25)8-21(27)16-9-17-12-28-13-18(10-16)26(17)11-14-4-2-1-3-5-14/h1-7,16-18H,8-13H2. The van der Waals surface area contributed by atoms with E-state index >= 15 is 0 Å². The third-order valence-electron chi connectivity index (χ3n) is 5.76. The van der Waals surface area contributed by atoms with Crippen LogP contribution in [0.15, 0.2) is 42.5 Å². The number of halogens is 3. The van der Waals surface area contributed by atoms with E-state index in [4.69, 9.17) is 4.74 Å². The molecule has 0 aliphatic carbocycles. The third kappa shape index (κ3) is 3.98. The van der Waals surface area contributed by atoms with Gasteiger partial charge in [0.05, 0.1) is 13.2 Å². The van der Waals surface area contributed by atoms with E-state index in [9.17, 15) is 18.0 Å². The van der Waals surface area contributed by atoms with E-state index in [1.54, 1.807) is 0 Å². The lowest BCUT2D eigenvalue weighted by atomic mass is 9.80. The highest BCUT2D eigenvalue weighted by atomic mass is 19.2. The zero-order valence-electron chi connectivity index (χ0n) is 15.4. The van der Waals surface area contributed by atoms with Crippen LogP contribution in [-0.2, 0) is 22.5 Å². The lowest BCUT2D eigenvalue weighted by Crippen LogP contribution is -2.57. The fraction of sp³-hybridized carbons (Fsp3) is 0.409. The number of ketones is 1. The topological polar surface area (TPSA) is 29.5 Å². The Morgan fingerprint density at radius 3 is 2.18 bits per heavy atom. The van der Waals surface area contributed by atoms with Gasteiger partial charge in [-0.2, -0.15) is 0 Å². The summed E-state index contributed by atoms with van der Waals surface area (Å²) >= 11 is 0. The number of fused-ring (bicyclic) bond motifs is 2. The zero-order chi connectivity index (χ0) is 19.7. The molecule has 0 amide bonds. The van der Waals surface area contributed by atoms with Crippen molar-refractivity contribution < 1.29 is 22.7 Å². The Morgan fingerprint density at radius 2 is 1.57 bits per heavy atom. The Labute approximate surface area is 162 Å². The molecular weight excluding hydrogens is 367 g/mol. The van der Waals surface area contributed by atoms with Crippen LogP contribution in [0.1, 0.15) is 24.0 Å². The number of piperidine rings is 1. The molecule has 2 aliphatic rings. The fourth-order valence-electron chi connectivity index (χ4n) is 4.36. The first-order valence-electron chi connectivity index (χ1n) is 9.55. The number of Topliss-reactive ketones (excluding diaryl/α,β-unsaturated/α-hetero) is 1. The summed E-state index contributed by atoms with van der Waals surface area (Å²) in [6, 6.07) is 12.3. The van der Waals surface area contributed by atoms with Gasteiger partial charge in [-0.1, -0.05) is 30.3 Å². The third-order valence-corrected chi connectivity index (χ3v) is 5.76. The minimum absolute atomic E-state index is 0.0540. The van der Waals surface area contributed by atoms with Crippen LogP contribution in [0.3, 0.4) is 0 Å². The molecule has 0 N–H and O–H groups in total. The van der Waals surface area contributed by atoms with Gasteiger partial charge in [-0.3, -0.25) is 9.69 Å². The van der Waals surface area contributed by atoms with E-state index in [0.29, 0.717) is 26.1 Å². The molecule has 2 bridgehead atoms. The summed E-state index contributed by atoms with van der Waals surface area (Å²) in [5.41, 5.74) is 1.40. The summed E-state index contributed by atoms with van der Waals surface area (Å²) in [5, 5.41) is 0. The maximum Gasteiger partial charge on any atom is 0.194 e. The van der Waals surface area contributed by atoms with Crippen molar-refractivity contribution in [3.63, 3.8) is 0 Å². The molecule has 0 saturated carbocycles. The molecule has 0 aromatic heterocycles. The maximum absolute atomic E-state index is 13.4. The van der Waals surface area contributed by atoms with Gasteiger partial charge in [-0.15, -0.1) is 0 Å². The number of morpholine rings is 1. The molecule has 28 heavy (non-hydrogen) atoms. The van der Waals surface area contributed by atoms with Gasteiger partial charge in [0, 0.05) is 31.0 Å². The molecular formula is C22H22F3NO2. The number of nitrogens with zero attached hydrogens (tertiary/aromatic N) is 1. The van der Waals surface area contributed by atoms with Crippen LogP contribution in [0.2, 0.25) is 0 Å². The van der Waals surface area contributed by atoms with E-state index in [1.165, 1.54) is 5.56 Å². The minimum Gasteiger partial charge on any atom is -0.378 e. The van der Waals surface area contributed by atoms with Crippen molar-refractivity contribution in [2.24, 2.45) is 5.92 Å². The number of rotatable bonds is 5. The first kappa shape index (κ1) is 19.2. The lowest BCUT2D eigenvalue weighted by Gasteiger charge is -2.48. The Hall–Kier alpha value is -2.18. The number of carbonyl (C=O) groups is 1. The molecule has 0 radical (unpaired) electrons. The van der Waals surface area contributed by atoms with Crippen LogP contribution in [0.5, 0.6) is 0 Å². The molecule has 2 fully saturated rings. The Kier molecular flexibility index (Phi) is 5.51. The molecule has 2 saturated heterocycles. The van der Waals surface area contributed by atoms with Gasteiger partial charge >= 0.3 is 0 Å². The SMILES string of the molecule is O=C(Cc1cc(F)c(F)c(F)c1)C1CC2COCC(C1)N2Cc1ccccc1. The second-order valence-corrected chi connectivity index (χ2v) is 7.69. The van der Waals surface area contributed by atoms with Crippen molar-refractivity contribution in [2.45, 2.75) is 37.9 Å². The van der Waals surface area contributed by atoms with Crippen LogP contribution in [-0.4, -0.2) is 36.0 Å². The summed E-state index contributed by atoms with van der Waals surface area (Å²) in [4.78, 5) is 15.2. The highest BCUT2D eigenvalue weighted by Crippen LogP contribution is 2.34. The molecule has 2 aromatic rings. The summed E-state index contributed by atoms with van der Waals surface area (Å²) in [7, 11) is 0. The molecule has 4 rings (SSSR count). The number of hydrogen-bond acceptors (Lipinski definition) is 3. The highest BCUT2D eigenvalue weighted by molar-refractivity contribution is 5.83. The molecule has 6 heteroatoms. The molecule has 0 spiro atoms. The van der Waals surface area contributed by atoms with Gasteiger partial charge in [-0.25, -0.2) is 13.2 Å². The van der Waals surface area contributed by atoms with E-state index in [0.717, 1.165) is 18.7 Å². The Balaban J connectivity index is 1.44. The summed E-state index contributed by atoms with van der Waals surface area (Å²) in [6.07, 6.45) is 1.24. The van der Waals surface area contributed by atoms with Crippen LogP contribution in [0.4, 0.5) is 13.2 Å². The normalized spacial score (nSPS) is 24.9. The van der Waals surface area contributed by atoms with Crippen molar-refractivity contribution in [2.75, 3.05) is 13.2 Å². The first-order valence-corrected chi connectivity index (χ1v) is 9.55. The quantitative estimate of drug-likeness (QED) is 0.727. The van der Waals surface area contributed by atoms with Crippen LogP contribution in [0.25, 0.3) is 0 Å². The number of carbonyl (C=O) groups excluding carboxylic acids is 1. The smallest absolute Gasteiger partial charge is 0.194 e. The number of benzene rings is 2. The highest BCUT2D eigenvalue weighted by Gasteiger charge is 2.41. The van der Waals surface area contributed by atoms with Crippen molar-refractivity contribution >= 4 is 5.78 Å². The van der Waals surface area contributed by atoms with Gasteiger partial charge in [0.2, 0.25) is 0 Å². The molecule has 148 valence electrons. The van der Waals surface area contributed by atoms with Gasteiger partial charge in [0.1, 0.15) is 5.78 Å². The van der Waals surface area contributed by atoms with E-state index in [2.05, 4.69) is 17.0 Å². The van der Waals surface area contributed by atoms with E-state index < -0.39 is 17.5 Å². The summed E-state index contributed by atoms with van der Waals surface area (Å²) in [6.45, 7) is 1.97. The van der Waals surface area contributed by atoms with E-state index in [-0.39, 0.29) is 35.8 Å². The van der Waals surface area contributed by atoms with Gasteiger partial charge in [0.15, 0.2) is 17.5 Å². The van der Waals surface area contributed by atoms with E-state index in [1.807, 2.05) is 18.2 Å². The average Bonchev–Trinajstić information content (AvgIpc) is 2.66. The zero-order valence-corrected chi connectivity index (χ0v) is 15.4. The lowest BCUT2D eigenvalue weighted by molar-refractivity contribution is -0.133. The largest absolute Gasteiger partial charge is 0.378 e. The molecule has 2 aliphatic heterocycles. The fourth-order valence-corrected chi connectivity index (χ4v) is 4.36. The summed E-state index contributed by atoms with van der Waals surface area (Å²) < 4.78 is 45.7. The van der Waals surface area contributed by atoms with Gasteiger partial charge < -0.3 is 4.74 Å². The maximum atomic E-state index is 13.4. The average molecular weight is 389 g/mol. The predicted octanol–water partition coefficient (Wildman–Crippen LogP) is 3.90. The molecule has 2 heterocycles. The molecule has 2 aromatic carbocycles. The Morgan fingerprint density at radius 1 is 0.964 bits per heavy atom. The minimum atomic E-state index is -1.50. The van der Waals surface area contributed by atoms with Crippen molar-refractivity contribution in [3.05, 3.63) is 71.0 Å². The summed E-state index contributed by atoms with van der Waals surface area (Å²) in [5.74, 6) is -4.25.